The van der Waals surface area contributed by atoms with E-state index in [1.54, 1.807) is 4.90 Å². The van der Waals surface area contributed by atoms with Gasteiger partial charge in [0.05, 0.1) is 18.1 Å². The van der Waals surface area contributed by atoms with Crippen molar-refractivity contribution in [1.29, 1.82) is 5.26 Å². The number of nitrogens with zero attached hydrogens (tertiary/aromatic N) is 2. The molecule has 1 saturated heterocycles. The van der Waals surface area contributed by atoms with Crippen LogP contribution >= 0.6 is 0 Å². The van der Waals surface area contributed by atoms with E-state index >= 15 is 0 Å². The van der Waals surface area contributed by atoms with Crippen LogP contribution in [0.25, 0.3) is 0 Å². The Hall–Kier alpha value is -2.46. The Morgan fingerprint density at radius 2 is 2.33 bits per heavy atom. The summed E-state index contributed by atoms with van der Waals surface area (Å²) in [5.74, 6) is -1.94. The van der Waals surface area contributed by atoms with E-state index < -0.39 is 17.8 Å². The standard InChI is InChI=1S/C14H14FN3O3/c15-11-2-1-9(7-16)5-10(11)8-18-4-3-17-14(21)12(18)6-13(19)20/h1-2,5,12H,3-4,6,8H2,(H,17,21)(H,19,20). The predicted octanol–water partition coefficient (Wildman–Crippen LogP) is 0.472. The summed E-state index contributed by atoms with van der Waals surface area (Å²) in [5.41, 5.74) is 0.599. The molecule has 0 aromatic heterocycles. The monoisotopic (exact) mass is 291 g/mol. The molecule has 2 rings (SSSR count). The number of benzene rings is 1. The first kappa shape index (κ1) is 14.9. The molecule has 1 fully saturated rings. The van der Waals surface area contributed by atoms with Crippen LogP contribution in [0.2, 0.25) is 0 Å². The number of carboxylic acid groups (broad SMARTS) is 1. The number of carboxylic acids is 1. The Morgan fingerprint density at radius 1 is 1.57 bits per heavy atom. The first-order valence-corrected chi connectivity index (χ1v) is 6.43. The molecule has 7 heteroatoms. The first-order chi connectivity index (χ1) is 10.0. The molecule has 0 aliphatic carbocycles. The van der Waals surface area contributed by atoms with Crippen LogP contribution in [-0.4, -0.2) is 41.0 Å². The number of nitriles is 1. The zero-order valence-corrected chi connectivity index (χ0v) is 11.2. The third-order valence-electron chi connectivity index (χ3n) is 3.36. The number of piperazine rings is 1. The van der Waals surface area contributed by atoms with Gasteiger partial charge in [0, 0.05) is 25.2 Å². The SMILES string of the molecule is N#Cc1ccc(F)c(CN2CCNC(=O)C2CC(=O)O)c1. The fourth-order valence-electron chi connectivity index (χ4n) is 2.32. The van der Waals surface area contributed by atoms with Crippen molar-refractivity contribution in [3.05, 3.63) is 35.1 Å². The van der Waals surface area contributed by atoms with Crippen molar-refractivity contribution in [1.82, 2.24) is 10.2 Å². The smallest absolute Gasteiger partial charge is 0.305 e. The summed E-state index contributed by atoms with van der Waals surface area (Å²) in [6.45, 7) is 0.904. The van der Waals surface area contributed by atoms with E-state index in [1.165, 1.54) is 18.2 Å². The van der Waals surface area contributed by atoms with Crippen molar-refractivity contribution in [2.75, 3.05) is 13.1 Å². The zero-order valence-electron chi connectivity index (χ0n) is 11.2. The molecule has 1 aromatic rings. The fourth-order valence-corrected chi connectivity index (χ4v) is 2.32. The molecule has 21 heavy (non-hydrogen) atoms. The second-order valence-electron chi connectivity index (χ2n) is 4.79. The van der Waals surface area contributed by atoms with E-state index in [1.807, 2.05) is 6.07 Å². The number of rotatable bonds is 4. The van der Waals surface area contributed by atoms with Crippen LogP contribution in [0, 0.1) is 17.1 Å². The molecule has 1 atom stereocenters. The molecule has 0 bridgehead atoms. The second kappa shape index (κ2) is 6.33. The number of aliphatic carboxylic acids is 1. The van der Waals surface area contributed by atoms with Crippen LogP contribution in [-0.2, 0) is 16.1 Å². The lowest BCUT2D eigenvalue weighted by atomic mass is 10.1. The summed E-state index contributed by atoms with van der Waals surface area (Å²) in [7, 11) is 0. The summed E-state index contributed by atoms with van der Waals surface area (Å²) >= 11 is 0. The lowest BCUT2D eigenvalue weighted by Gasteiger charge is -2.34. The molecule has 2 N–H and O–H groups in total. The molecule has 1 heterocycles. The summed E-state index contributed by atoms with van der Waals surface area (Å²) < 4.78 is 13.8. The molecular formula is C14H14FN3O3. The Bertz CT molecular complexity index is 612. The van der Waals surface area contributed by atoms with Gasteiger partial charge in [-0.1, -0.05) is 0 Å². The number of amides is 1. The quantitative estimate of drug-likeness (QED) is 0.841. The van der Waals surface area contributed by atoms with Gasteiger partial charge in [-0.05, 0) is 18.2 Å². The minimum absolute atomic E-state index is 0.0900. The Morgan fingerprint density at radius 3 is 3.00 bits per heavy atom. The average molecular weight is 291 g/mol. The van der Waals surface area contributed by atoms with Crippen molar-refractivity contribution in [2.24, 2.45) is 0 Å². The number of carbonyl (C=O) groups is 2. The third kappa shape index (κ3) is 3.55. The van der Waals surface area contributed by atoms with Gasteiger partial charge < -0.3 is 10.4 Å². The van der Waals surface area contributed by atoms with Crippen LogP contribution in [0.15, 0.2) is 18.2 Å². The van der Waals surface area contributed by atoms with E-state index in [0.717, 1.165) is 0 Å². The Labute approximate surface area is 120 Å². The maximum absolute atomic E-state index is 13.8. The molecule has 0 saturated carbocycles. The molecule has 1 amide bonds. The van der Waals surface area contributed by atoms with Crippen LogP contribution in [0.1, 0.15) is 17.5 Å². The maximum atomic E-state index is 13.8. The minimum Gasteiger partial charge on any atom is -0.481 e. The van der Waals surface area contributed by atoms with Crippen molar-refractivity contribution < 1.29 is 19.1 Å². The van der Waals surface area contributed by atoms with Crippen LogP contribution in [0.5, 0.6) is 0 Å². The largest absolute Gasteiger partial charge is 0.481 e. The van der Waals surface area contributed by atoms with E-state index in [0.29, 0.717) is 18.7 Å². The van der Waals surface area contributed by atoms with Crippen LogP contribution < -0.4 is 5.32 Å². The molecule has 1 aromatic carbocycles. The Balaban J connectivity index is 2.21. The van der Waals surface area contributed by atoms with Crippen molar-refractivity contribution >= 4 is 11.9 Å². The molecular weight excluding hydrogens is 277 g/mol. The number of carbonyl (C=O) groups excluding carboxylic acids is 1. The molecule has 6 nitrogen and oxygen atoms in total. The van der Waals surface area contributed by atoms with Gasteiger partial charge in [0.15, 0.2) is 0 Å². The number of hydrogen-bond acceptors (Lipinski definition) is 4. The number of hydrogen-bond donors (Lipinski definition) is 2. The second-order valence-corrected chi connectivity index (χ2v) is 4.79. The van der Waals surface area contributed by atoms with E-state index in [-0.39, 0.29) is 24.4 Å². The summed E-state index contributed by atoms with van der Waals surface area (Å²) in [4.78, 5) is 24.2. The summed E-state index contributed by atoms with van der Waals surface area (Å²) in [5, 5.41) is 20.3. The average Bonchev–Trinajstić information content (AvgIpc) is 2.44. The highest BCUT2D eigenvalue weighted by molar-refractivity contribution is 5.86. The summed E-state index contributed by atoms with van der Waals surface area (Å²) in [6, 6.07) is 5.08. The van der Waals surface area contributed by atoms with E-state index in [9.17, 15) is 14.0 Å². The van der Waals surface area contributed by atoms with Crippen molar-refractivity contribution in [3.63, 3.8) is 0 Å². The molecule has 0 radical (unpaired) electrons. The van der Waals surface area contributed by atoms with Gasteiger partial charge in [0.25, 0.3) is 0 Å². The van der Waals surface area contributed by atoms with Crippen molar-refractivity contribution in [3.8, 4) is 6.07 Å². The van der Waals surface area contributed by atoms with E-state index in [4.69, 9.17) is 10.4 Å². The van der Waals surface area contributed by atoms with Gasteiger partial charge in [-0.2, -0.15) is 5.26 Å². The zero-order chi connectivity index (χ0) is 15.4. The van der Waals surface area contributed by atoms with Gasteiger partial charge >= 0.3 is 5.97 Å². The predicted molar refractivity (Wildman–Crippen MR) is 70.6 cm³/mol. The lowest BCUT2D eigenvalue weighted by molar-refractivity contribution is -0.143. The van der Waals surface area contributed by atoms with Gasteiger partial charge in [0.2, 0.25) is 5.91 Å². The van der Waals surface area contributed by atoms with Gasteiger partial charge in [-0.3, -0.25) is 14.5 Å². The van der Waals surface area contributed by atoms with Gasteiger partial charge in [-0.15, -0.1) is 0 Å². The highest BCUT2D eigenvalue weighted by Gasteiger charge is 2.31. The number of halogens is 1. The minimum atomic E-state index is -1.09. The summed E-state index contributed by atoms with van der Waals surface area (Å²) in [6.07, 6.45) is -0.342. The van der Waals surface area contributed by atoms with E-state index in [2.05, 4.69) is 5.32 Å². The normalized spacial score (nSPS) is 18.9. The maximum Gasteiger partial charge on any atom is 0.305 e. The highest BCUT2D eigenvalue weighted by Crippen LogP contribution is 2.17. The number of nitrogens with one attached hydrogen (secondary N) is 1. The van der Waals surface area contributed by atoms with Gasteiger partial charge in [0.1, 0.15) is 11.9 Å². The van der Waals surface area contributed by atoms with Crippen LogP contribution in [0.3, 0.4) is 0 Å². The molecule has 1 aliphatic heterocycles. The molecule has 1 unspecified atom stereocenters. The lowest BCUT2D eigenvalue weighted by Crippen LogP contribution is -2.55. The fraction of sp³-hybridized carbons (Fsp3) is 0.357. The topological polar surface area (TPSA) is 93.4 Å². The molecule has 0 spiro atoms. The Kier molecular flexibility index (Phi) is 4.50. The highest BCUT2D eigenvalue weighted by atomic mass is 19.1. The van der Waals surface area contributed by atoms with Crippen molar-refractivity contribution in [2.45, 2.75) is 19.0 Å². The first-order valence-electron chi connectivity index (χ1n) is 6.43. The third-order valence-corrected chi connectivity index (χ3v) is 3.36. The van der Waals surface area contributed by atoms with Crippen LogP contribution in [0.4, 0.5) is 4.39 Å². The molecule has 110 valence electrons. The van der Waals surface area contributed by atoms with Gasteiger partial charge in [-0.25, -0.2) is 4.39 Å². The molecule has 1 aliphatic rings.